The molecule has 0 saturated carbocycles. The second kappa shape index (κ2) is 8.11. The van der Waals surface area contributed by atoms with E-state index in [4.69, 9.17) is 27.2 Å². The maximum atomic E-state index is 11.6. The van der Waals surface area contributed by atoms with E-state index in [0.29, 0.717) is 10.8 Å². The number of hydrogen-bond acceptors (Lipinski definition) is 4. The monoisotopic (exact) mass is 314 g/mol. The Balaban J connectivity index is 2.41. The lowest BCUT2D eigenvalue weighted by atomic mass is 10.2. The highest BCUT2D eigenvalue weighted by atomic mass is 35.5. The number of nitrogens with one attached hydrogen (secondary N) is 1. The van der Waals surface area contributed by atoms with Crippen molar-refractivity contribution in [2.24, 2.45) is 5.73 Å². The Morgan fingerprint density at radius 2 is 2.00 bits per heavy atom. The van der Waals surface area contributed by atoms with Gasteiger partial charge < -0.3 is 20.9 Å². The summed E-state index contributed by atoms with van der Waals surface area (Å²) in [6.07, 6.45) is -0.541. The van der Waals surface area contributed by atoms with Gasteiger partial charge in [0.25, 0.3) is 0 Å². The number of carbonyl (C=O) groups excluding carboxylic acids is 2. The Morgan fingerprint density at radius 3 is 2.57 bits per heavy atom. The number of ether oxygens (including phenoxy) is 1. The molecular weight excluding hydrogens is 300 g/mol. The SMILES string of the molecule is NC(=O)C[C@H](NC(=O)CCOc1ccccc1Cl)C(=O)O. The van der Waals surface area contributed by atoms with Gasteiger partial charge in [0.05, 0.1) is 24.5 Å². The van der Waals surface area contributed by atoms with E-state index < -0.39 is 30.2 Å². The molecule has 0 aromatic heterocycles. The van der Waals surface area contributed by atoms with Crippen LogP contribution in [0.3, 0.4) is 0 Å². The van der Waals surface area contributed by atoms with Crippen molar-refractivity contribution in [1.82, 2.24) is 5.32 Å². The summed E-state index contributed by atoms with van der Waals surface area (Å²) < 4.78 is 5.30. The summed E-state index contributed by atoms with van der Waals surface area (Å²) in [7, 11) is 0. The number of carbonyl (C=O) groups is 3. The smallest absolute Gasteiger partial charge is 0.326 e. The van der Waals surface area contributed by atoms with Crippen LogP contribution in [0.25, 0.3) is 0 Å². The van der Waals surface area contributed by atoms with Crippen LogP contribution in [0.2, 0.25) is 5.02 Å². The summed E-state index contributed by atoms with van der Waals surface area (Å²) in [6, 6.07) is 5.42. The van der Waals surface area contributed by atoms with Gasteiger partial charge in [-0.1, -0.05) is 23.7 Å². The minimum atomic E-state index is -1.34. The lowest BCUT2D eigenvalue weighted by Gasteiger charge is -2.13. The fraction of sp³-hybridized carbons (Fsp3) is 0.308. The van der Waals surface area contributed by atoms with Gasteiger partial charge in [0.2, 0.25) is 11.8 Å². The number of rotatable bonds is 8. The maximum Gasteiger partial charge on any atom is 0.326 e. The molecule has 1 aromatic rings. The van der Waals surface area contributed by atoms with Crippen LogP contribution in [0.1, 0.15) is 12.8 Å². The topological polar surface area (TPSA) is 119 Å². The molecule has 0 aliphatic rings. The van der Waals surface area contributed by atoms with E-state index >= 15 is 0 Å². The van der Waals surface area contributed by atoms with Crippen molar-refractivity contribution in [1.29, 1.82) is 0 Å². The summed E-state index contributed by atoms with van der Waals surface area (Å²) >= 11 is 5.87. The third-order valence-corrected chi connectivity index (χ3v) is 2.77. The molecule has 7 nitrogen and oxygen atoms in total. The first kappa shape index (κ1) is 16.8. The van der Waals surface area contributed by atoms with Crippen LogP contribution in [0, 0.1) is 0 Å². The molecule has 4 N–H and O–H groups in total. The average Bonchev–Trinajstić information content (AvgIpc) is 2.39. The zero-order valence-corrected chi connectivity index (χ0v) is 11.8. The predicted octanol–water partition coefficient (Wildman–Crippen LogP) is 0.554. The Kier molecular flexibility index (Phi) is 6.48. The molecule has 0 spiro atoms. The number of nitrogens with two attached hydrogens (primary N) is 1. The quantitative estimate of drug-likeness (QED) is 0.647. The summed E-state index contributed by atoms with van der Waals surface area (Å²) in [6.45, 7) is 0.0263. The Hall–Kier alpha value is -2.28. The largest absolute Gasteiger partial charge is 0.491 e. The predicted molar refractivity (Wildman–Crippen MR) is 74.9 cm³/mol. The molecule has 21 heavy (non-hydrogen) atoms. The Morgan fingerprint density at radius 1 is 1.33 bits per heavy atom. The van der Waals surface area contributed by atoms with Crippen LogP contribution in [-0.2, 0) is 14.4 Å². The van der Waals surface area contributed by atoms with Gasteiger partial charge in [-0.25, -0.2) is 4.79 Å². The second-order valence-electron chi connectivity index (χ2n) is 4.16. The summed E-state index contributed by atoms with van der Waals surface area (Å²) in [5.74, 6) is -2.27. The first-order valence-electron chi connectivity index (χ1n) is 6.08. The van der Waals surface area contributed by atoms with Crippen LogP contribution in [0.5, 0.6) is 5.75 Å². The standard InChI is InChI=1S/C13H15ClN2O5/c14-8-3-1-2-4-10(8)21-6-5-12(18)16-9(13(19)20)7-11(15)17/h1-4,9H,5-7H2,(H2,15,17)(H,16,18)(H,19,20)/t9-/m0/s1. The number of primary amides is 1. The van der Waals surface area contributed by atoms with E-state index in [1.165, 1.54) is 0 Å². The summed E-state index contributed by atoms with van der Waals surface area (Å²) in [5.41, 5.74) is 4.91. The molecule has 114 valence electrons. The first-order chi connectivity index (χ1) is 9.90. The number of hydrogen-bond donors (Lipinski definition) is 3. The highest BCUT2D eigenvalue weighted by molar-refractivity contribution is 6.32. The van der Waals surface area contributed by atoms with Crippen LogP contribution < -0.4 is 15.8 Å². The molecule has 0 radical (unpaired) electrons. The van der Waals surface area contributed by atoms with Gasteiger partial charge in [-0.15, -0.1) is 0 Å². The molecular formula is C13H15ClN2O5. The van der Waals surface area contributed by atoms with E-state index in [1.54, 1.807) is 24.3 Å². The van der Waals surface area contributed by atoms with Crippen LogP contribution in [0.4, 0.5) is 0 Å². The normalized spacial score (nSPS) is 11.5. The van der Waals surface area contributed by atoms with Gasteiger partial charge in [0.1, 0.15) is 11.8 Å². The molecule has 0 heterocycles. The molecule has 0 aliphatic carbocycles. The number of amides is 2. The third-order valence-electron chi connectivity index (χ3n) is 2.46. The van der Waals surface area contributed by atoms with E-state index in [0.717, 1.165) is 0 Å². The van der Waals surface area contributed by atoms with E-state index in [1.807, 2.05) is 0 Å². The molecule has 0 saturated heterocycles. The van der Waals surface area contributed by atoms with E-state index in [9.17, 15) is 14.4 Å². The van der Waals surface area contributed by atoms with Crippen molar-refractivity contribution < 1.29 is 24.2 Å². The fourth-order valence-corrected chi connectivity index (χ4v) is 1.67. The lowest BCUT2D eigenvalue weighted by molar-refractivity contribution is -0.143. The van der Waals surface area contributed by atoms with Crippen molar-refractivity contribution in [3.05, 3.63) is 29.3 Å². The van der Waals surface area contributed by atoms with Gasteiger partial charge in [0, 0.05) is 0 Å². The molecule has 0 bridgehead atoms. The molecule has 0 unspecified atom stereocenters. The van der Waals surface area contributed by atoms with Crippen LogP contribution >= 0.6 is 11.6 Å². The Bertz CT molecular complexity index is 535. The minimum absolute atomic E-state index is 0.0263. The molecule has 1 atom stereocenters. The fourth-order valence-electron chi connectivity index (χ4n) is 1.48. The number of benzene rings is 1. The number of carboxylic acid groups (broad SMARTS) is 1. The molecule has 0 aliphatic heterocycles. The van der Waals surface area contributed by atoms with Gasteiger partial charge in [-0.3, -0.25) is 9.59 Å². The van der Waals surface area contributed by atoms with Gasteiger partial charge >= 0.3 is 5.97 Å². The van der Waals surface area contributed by atoms with Gasteiger partial charge in [-0.05, 0) is 12.1 Å². The van der Waals surface area contributed by atoms with E-state index in [2.05, 4.69) is 5.32 Å². The first-order valence-corrected chi connectivity index (χ1v) is 6.45. The average molecular weight is 315 g/mol. The highest BCUT2D eigenvalue weighted by Crippen LogP contribution is 2.22. The second-order valence-corrected chi connectivity index (χ2v) is 4.56. The van der Waals surface area contributed by atoms with Crippen molar-refractivity contribution in [3.8, 4) is 5.75 Å². The number of para-hydroxylation sites is 1. The molecule has 0 fully saturated rings. The lowest BCUT2D eigenvalue weighted by Crippen LogP contribution is -2.43. The number of carboxylic acids is 1. The van der Waals surface area contributed by atoms with Crippen molar-refractivity contribution in [2.75, 3.05) is 6.61 Å². The molecule has 2 amide bonds. The molecule has 1 rings (SSSR count). The van der Waals surface area contributed by atoms with Gasteiger partial charge in [-0.2, -0.15) is 0 Å². The molecule has 1 aromatic carbocycles. The Labute approximate surface area is 126 Å². The maximum absolute atomic E-state index is 11.6. The zero-order chi connectivity index (χ0) is 15.8. The van der Waals surface area contributed by atoms with Crippen molar-refractivity contribution in [3.63, 3.8) is 0 Å². The number of aliphatic carboxylic acids is 1. The molecule has 8 heteroatoms. The zero-order valence-electron chi connectivity index (χ0n) is 11.0. The van der Waals surface area contributed by atoms with Gasteiger partial charge in [0.15, 0.2) is 0 Å². The van der Waals surface area contributed by atoms with Crippen molar-refractivity contribution in [2.45, 2.75) is 18.9 Å². The third kappa shape index (κ3) is 6.13. The summed E-state index contributed by atoms with van der Waals surface area (Å²) in [5, 5.41) is 11.4. The van der Waals surface area contributed by atoms with Crippen LogP contribution in [-0.4, -0.2) is 35.5 Å². The minimum Gasteiger partial charge on any atom is -0.491 e. The van der Waals surface area contributed by atoms with Crippen LogP contribution in [0.15, 0.2) is 24.3 Å². The van der Waals surface area contributed by atoms with E-state index in [-0.39, 0.29) is 13.0 Å². The summed E-state index contributed by atoms with van der Waals surface area (Å²) in [4.78, 5) is 33.1. The number of halogens is 1. The highest BCUT2D eigenvalue weighted by Gasteiger charge is 2.21. The van der Waals surface area contributed by atoms with Crippen molar-refractivity contribution >= 4 is 29.4 Å².